The minimum atomic E-state index is -0.0628. The zero-order chi connectivity index (χ0) is 20.2. The van der Waals surface area contributed by atoms with Crippen LogP contribution in [0.3, 0.4) is 0 Å². The van der Waals surface area contributed by atoms with Crippen LogP contribution in [0.5, 0.6) is 0 Å². The van der Waals surface area contributed by atoms with Crippen molar-refractivity contribution in [2.45, 2.75) is 13.8 Å². The number of hydrogen-bond donors (Lipinski definition) is 2. The lowest BCUT2D eigenvalue weighted by atomic mass is 10.1. The number of fused-ring (bicyclic) bond motifs is 1. The Kier molecular flexibility index (Phi) is 5.46. The molecule has 0 atom stereocenters. The van der Waals surface area contributed by atoms with Crippen molar-refractivity contribution in [3.8, 4) is 0 Å². The number of aryl methyl sites for hydroxylation is 1. The van der Waals surface area contributed by atoms with Gasteiger partial charge in [-0.1, -0.05) is 30.3 Å². The fraction of sp³-hybridized carbons (Fsp3) is 0.318. The van der Waals surface area contributed by atoms with Gasteiger partial charge in [-0.15, -0.1) is 0 Å². The van der Waals surface area contributed by atoms with Gasteiger partial charge in [0.15, 0.2) is 0 Å². The van der Waals surface area contributed by atoms with Crippen LogP contribution in [-0.2, 0) is 0 Å². The van der Waals surface area contributed by atoms with Crippen LogP contribution < -0.4 is 15.5 Å². The Hall–Kier alpha value is -3.35. The zero-order valence-corrected chi connectivity index (χ0v) is 16.9. The molecule has 29 heavy (non-hydrogen) atoms. The second-order valence-electron chi connectivity index (χ2n) is 7.16. The summed E-state index contributed by atoms with van der Waals surface area (Å²) in [5.74, 6) is 2.49. The van der Waals surface area contributed by atoms with E-state index in [9.17, 15) is 4.79 Å². The van der Waals surface area contributed by atoms with Gasteiger partial charge in [0, 0.05) is 44.5 Å². The molecule has 2 N–H and O–H groups in total. The summed E-state index contributed by atoms with van der Waals surface area (Å²) < 4.78 is 0. The molecule has 1 aromatic heterocycles. The molecular weight excluding hydrogens is 364 g/mol. The summed E-state index contributed by atoms with van der Waals surface area (Å²) in [5, 5.41) is 8.55. The highest BCUT2D eigenvalue weighted by Crippen LogP contribution is 2.21. The largest absolute Gasteiger partial charge is 0.370 e. The van der Waals surface area contributed by atoms with Gasteiger partial charge < -0.3 is 20.4 Å². The van der Waals surface area contributed by atoms with Crippen molar-refractivity contribution in [1.82, 2.24) is 14.9 Å². The van der Waals surface area contributed by atoms with Crippen LogP contribution in [0.4, 0.5) is 22.1 Å². The van der Waals surface area contributed by atoms with E-state index >= 15 is 0 Å². The summed E-state index contributed by atoms with van der Waals surface area (Å²) in [5.41, 5.74) is 0.817. The molecule has 2 amide bonds. The maximum Gasteiger partial charge on any atom is 0.321 e. The lowest BCUT2D eigenvalue weighted by molar-refractivity contribution is 0.208. The quantitative estimate of drug-likeness (QED) is 0.710. The smallest absolute Gasteiger partial charge is 0.321 e. The van der Waals surface area contributed by atoms with Crippen molar-refractivity contribution in [2.24, 2.45) is 0 Å². The molecule has 1 aliphatic rings. The molecule has 0 radical (unpaired) electrons. The Labute approximate surface area is 170 Å². The van der Waals surface area contributed by atoms with Gasteiger partial charge in [-0.3, -0.25) is 0 Å². The Morgan fingerprint density at radius 2 is 1.76 bits per heavy atom. The molecule has 0 unspecified atom stereocenters. The van der Waals surface area contributed by atoms with Crippen molar-refractivity contribution in [3.05, 3.63) is 54.4 Å². The molecule has 1 fully saturated rings. The summed E-state index contributed by atoms with van der Waals surface area (Å²) >= 11 is 0. The van der Waals surface area contributed by atoms with E-state index in [1.165, 1.54) is 0 Å². The molecule has 1 aliphatic heterocycles. The first kappa shape index (κ1) is 19.0. The third-order valence-corrected chi connectivity index (χ3v) is 5.07. The fourth-order valence-corrected chi connectivity index (χ4v) is 3.59. The molecule has 2 aromatic carbocycles. The minimum Gasteiger partial charge on any atom is -0.370 e. The van der Waals surface area contributed by atoms with Gasteiger partial charge in [0.1, 0.15) is 17.5 Å². The Balaban J connectivity index is 1.38. The minimum absolute atomic E-state index is 0.0628. The fourth-order valence-electron chi connectivity index (χ4n) is 3.59. The first-order chi connectivity index (χ1) is 14.1. The van der Waals surface area contributed by atoms with Crippen LogP contribution in [0, 0.1) is 6.92 Å². The lowest BCUT2D eigenvalue weighted by Gasteiger charge is -2.35. The number of rotatable bonds is 4. The van der Waals surface area contributed by atoms with Crippen LogP contribution in [0.2, 0.25) is 0 Å². The highest BCUT2D eigenvalue weighted by Gasteiger charge is 2.22. The predicted octanol–water partition coefficient (Wildman–Crippen LogP) is 3.72. The Morgan fingerprint density at radius 3 is 2.52 bits per heavy atom. The molecule has 3 aromatic rings. The Morgan fingerprint density at radius 1 is 1.00 bits per heavy atom. The summed E-state index contributed by atoms with van der Waals surface area (Å²) in [6, 6.07) is 16.0. The second-order valence-corrected chi connectivity index (χ2v) is 7.16. The molecule has 4 rings (SSSR count). The zero-order valence-electron chi connectivity index (χ0n) is 16.9. The van der Waals surface area contributed by atoms with E-state index in [1.54, 1.807) is 0 Å². The average Bonchev–Trinajstić information content (AvgIpc) is 2.73. The van der Waals surface area contributed by atoms with Crippen molar-refractivity contribution < 1.29 is 4.79 Å². The van der Waals surface area contributed by atoms with Crippen molar-refractivity contribution in [3.63, 3.8) is 0 Å². The van der Waals surface area contributed by atoms with Crippen molar-refractivity contribution in [1.29, 1.82) is 0 Å². The highest BCUT2D eigenvalue weighted by atomic mass is 16.2. The number of urea groups is 1. The summed E-state index contributed by atoms with van der Waals surface area (Å²) in [6.07, 6.45) is 0. The summed E-state index contributed by atoms with van der Waals surface area (Å²) in [4.78, 5) is 25.7. The number of hydrogen-bond acceptors (Lipinski definition) is 5. The molecule has 7 nitrogen and oxygen atoms in total. The van der Waals surface area contributed by atoms with Crippen molar-refractivity contribution in [2.75, 3.05) is 48.3 Å². The SMILES string of the molecule is CCNc1cc(N2CCN(C(=O)Nc3ccc4ccccc4c3)CC2)nc(C)n1. The number of carbonyl (C=O) groups excluding carboxylic acids is 1. The van der Waals surface area contributed by atoms with E-state index < -0.39 is 0 Å². The van der Waals surface area contributed by atoms with E-state index in [2.05, 4.69) is 37.6 Å². The van der Waals surface area contributed by atoms with Gasteiger partial charge in [0.2, 0.25) is 0 Å². The van der Waals surface area contributed by atoms with Crippen LogP contribution in [-0.4, -0.2) is 53.6 Å². The van der Waals surface area contributed by atoms with Gasteiger partial charge in [-0.2, -0.15) is 0 Å². The number of piperazine rings is 1. The first-order valence-corrected chi connectivity index (χ1v) is 10.0. The van der Waals surface area contributed by atoms with Gasteiger partial charge in [-0.05, 0) is 36.8 Å². The van der Waals surface area contributed by atoms with Gasteiger partial charge in [-0.25, -0.2) is 14.8 Å². The van der Waals surface area contributed by atoms with E-state index in [0.29, 0.717) is 13.1 Å². The molecule has 150 valence electrons. The second kappa shape index (κ2) is 8.34. The molecule has 0 saturated carbocycles. The lowest BCUT2D eigenvalue weighted by Crippen LogP contribution is -2.50. The maximum atomic E-state index is 12.7. The van der Waals surface area contributed by atoms with E-state index in [4.69, 9.17) is 0 Å². The topological polar surface area (TPSA) is 73.4 Å². The molecule has 2 heterocycles. The van der Waals surface area contributed by atoms with E-state index in [0.717, 1.165) is 53.6 Å². The maximum absolute atomic E-state index is 12.7. The van der Waals surface area contributed by atoms with Crippen LogP contribution in [0.1, 0.15) is 12.7 Å². The number of benzene rings is 2. The highest BCUT2D eigenvalue weighted by molar-refractivity contribution is 5.93. The number of nitrogens with zero attached hydrogens (tertiary/aromatic N) is 4. The molecule has 1 saturated heterocycles. The van der Waals surface area contributed by atoms with Crippen LogP contribution >= 0.6 is 0 Å². The number of aromatic nitrogens is 2. The van der Waals surface area contributed by atoms with Crippen LogP contribution in [0.25, 0.3) is 10.8 Å². The average molecular weight is 390 g/mol. The van der Waals surface area contributed by atoms with E-state index in [1.807, 2.05) is 55.1 Å². The summed E-state index contributed by atoms with van der Waals surface area (Å²) in [7, 11) is 0. The number of amides is 2. The van der Waals surface area contributed by atoms with Gasteiger partial charge in [0.25, 0.3) is 0 Å². The molecule has 7 heteroatoms. The van der Waals surface area contributed by atoms with Crippen molar-refractivity contribution >= 4 is 34.1 Å². The molecular formula is C22H26N6O. The van der Waals surface area contributed by atoms with Crippen LogP contribution in [0.15, 0.2) is 48.5 Å². The first-order valence-electron chi connectivity index (χ1n) is 10.0. The van der Waals surface area contributed by atoms with Gasteiger partial charge >= 0.3 is 6.03 Å². The Bertz CT molecular complexity index is 1010. The number of nitrogens with one attached hydrogen (secondary N) is 2. The number of carbonyl (C=O) groups is 1. The third-order valence-electron chi connectivity index (χ3n) is 5.07. The van der Waals surface area contributed by atoms with E-state index in [-0.39, 0.29) is 6.03 Å². The molecule has 0 bridgehead atoms. The standard InChI is InChI=1S/C22H26N6O/c1-3-23-20-15-21(25-16(2)24-20)27-10-12-28(13-11-27)22(29)26-19-9-8-17-6-4-5-7-18(17)14-19/h4-9,14-15H,3,10-13H2,1-2H3,(H,26,29)(H,23,24,25). The number of anilines is 3. The predicted molar refractivity (Wildman–Crippen MR) is 118 cm³/mol. The third kappa shape index (κ3) is 4.39. The monoisotopic (exact) mass is 390 g/mol. The molecule has 0 aliphatic carbocycles. The van der Waals surface area contributed by atoms with Gasteiger partial charge in [0.05, 0.1) is 0 Å². The molecule has 0 spiro atoms. The normalized spacial score (nSPS) is 14.1. The summed E-state index contributed by atoms with van der Waals surface area (Å²) in [6.45, 7) is 7.55.